The van der Waals surface area contributed by atoms with Crippen molar-refractivity contribution in [3.05, 3.63) is 34.9 Å². The minimum atomic E-state index is 0.420. The van der Waals surface area contributed by atoms with E-state index in [-0.39, 0.29) is 0 Å². The van der Waals surface area contributed by atoms with E-state index in [1.165, 1.54) is 24.8 Å². The SMILES string of the molecule is CCCNCC(CCC(C)(C)C)Cc1ccc(Cl)cc1. The molecule has 0 bridgehead atoms. The van der Waals surface area contributed by atoms with Crippen LogP contribution in [0.25, 0.3) is 0 Å². The van der Waals surface area contributed by atoms with Crippen LogP contribution in [0.4, 0.5) is 0 Å². The summed E-state index contributed by atoms with van der Waals surface area (Å²) in [5, 5.41) is 4.40. The Morgan fingerprint density at radius 1 is 1.15 bits per heavy atom. The third-order valence-corrected chi connectivity index (χ3v) is 3.85. The largest absolute Gasteiger partial charge is 0.316 e. The molecule has 0 radical (unpaired) electrons. The number of rotatable bonds is 8. The van der Waals surface area contributed by atoms with E-state index in [1.54, 1.807) is 0 Å². The zero-order chi connectivity index (χ0) is 15.0. The van der Waals surface area contributed by atoms with E-state index < -0.39 is 0 Å². The van der Waals surface area contributed by atoms with Crippen molar-refractivity contribution in [2.75, 3.05) is 13.1 Å². The van der Waals surface area contributed by atoms with Gasteiger partial charge in [0.15, 0.2) is 0 Å². The maximum Gasteiger partial charge on any atom is 0.0406 e. The van der Waals surface area contributed by atoms with Gasteiger partial charge in [-0.15, -0.1) is 0 Å². The second-order valence-corrected chi connectivity index (χ2v) is 7.44. The van der Waals surface area contributed by atoms with E-state index in [2.05, 4.69) is 45.1 Å². The first-order valence-electron chi connectivity index (χ1n) is 7.86. The van der Waals surface area contributed by atoms with E-state index in [9.17, 15) is 0 Å². The molecular formula is C18H30ClN. The minimum Gasteiger partial charge on any atom is -0.316 e. The van der Waals surface area contributed by atoms with E-state index in [0.717, 1.165) is 24.5 Å². The maximum absolute atomic E-state index is 5.96. The van der Waals surface area contributed by atoms with E-state index in [0.29, 0.717) is 11.3 Å². The van der Waals surface area contributed by atoms with Gasteiger partial charge in [-0.2, -0.15) is 0 Å². The molecule has 0 saturated heterocycles. The van der Waals surface area contributed by atoms with Crippen molar-refractivity contribution in [2.45, 2.75) is 53.4 Å². The van der Waals surface area contributed by atoms with Crippen LogP contribution in [0.3, 0.4) is 0 Å². The van der Waals surface area contributed by atoms with Crippen molar-refractivity contribution in [1.29, 1.82) is 0 Å². The molecule has 0 spiro atoms. The maximum atomic E-state index is 5.96. The lowest BCUT2D eigenvalue weighted by Gasteiger charge is -2.23. The standard InChI is InChI=1S/C18H30ClN/c1-5-12-20-14-16(10-11-18(2,3)4)13-15-6-8-17(19)9-7-15/h6-9,16,20H,5,10-14H2,1-4H3. The molecule has 0 saturated carbocycles. The van der Waals surface area contributed by atoms with Crippen molar-refractivity contribution in [3.63, 3.8) is 0 Å². The molecule has 0 aliphatic rings. The van der Waals surface area contributed by atoms with Crippen molar-refractivity contribution in [2.24, 2.45) is 11.3 Å². The van der Waals surface area contributed by atoms with Crippen LogP contribution in [-0.2, 0) is 6.42 Å². The molecule has 1 aromatic carbocycles. The van der Waals surface area contributed by atoms with Crippen LogP contribution in [0.15, 0.2) is 24.3 Å². The van der Waals surface area contributed by atoms with Gasteiger partial charge in [0.1, 0.15) is 0 Å². The highest BCUT2D eigenvalue weighted by Gasteiger charge is 2.15. The first-order chi connectivity index (χ1) is 9.40. The Hall–Kier alpha value is -0.530. The van der Waals surface area contributed by atoms with Crippen LogP contribution in [0, 0.1) is 11.3 Å². The quantitative estimate of drug-likeness (QED) is 0.640. The number of hydrogen-bond acceptors (Lipinski definition) is 1. The summed E-state index contributed by atoms with van der Waals surface area (Å²) in [6.45, 7) is 11.4. The summed E-state index contributed by atoms with van der Waals surface area (Å²) in [6, 6.07) is 8.31. The summed E-state index contributed by atoms with van der Waals surface area (Å²) in [7, 11) is 0. The molecule has 0 amide bonds. The molecule has 1 aromatic rings. The van der Waals surface area contributed by atoms with Gasteiger partial charge in [0, 0.05) is 5.02 Å². The van der Waals surface area contributed by atoms with Gasteiger partial charge in [0.2, 0.25) is 0 Å². The second-order valence-electron chi connectivity index (χ2n) is 7.00. The Morgan fingerprint density at radius 3 is 2.35 bits per heavy atom. The highest BCUT2D eigenvalue weighted by atomic mass is 35.5. The van der Waals surface area contributed by atoms with Crippen LogP contribution in [-0.4, -0.2) is 13.1 Å². The molecule has 0 aliphatic carbocycles. The highest BCUT2D eigenvalue weighted by molar-refractivity contribution is 6.30. The normalized spacial score (nSPS) is 13.4. The topological polar surface area (TPSA) is 12.0 Å². The summed E-state index contributed by atoms with van der Waals surface area (Å²) < 4.78 is 0. The third-order valence-electron chi connectivity index (χ3n) is 3.60. The Kier molecular flexibility index (Phi) is 7.61. The highest BCUT2D eigenvalue weighted by Crippen LogP contribution is 2.25. The summed E-state index contributed by atoms with van der Waals surface area (Å²) in [5.41, 5.74) is 1.81. The summed E-state index contributed by atoms with van der Waals surface area (Å²) in [6.07, 6.45) is 4.90. The molecular weight excluding hydrogens is 266 g/mol. The molecule has 1 rings (SSSR count). The van der Waals surface area contributed by atoms with Crippen LogP contribution in [0.2, 0.25) is 5.02 Å². The molecule has 114 valence electrons. The number of halogens is 1. The summed E-state index contributed by atoms with van der Waals surface area (Å²) in [5.74, 6) is 0.710. The third kappa shape index (κ3) is 7.91. The van der Waals surface area contributed by atoms with Crippen LogP contribution >= 0.6 is 11.6 Å². The fraction of sp³-hybridized carbons (Fsp3) is 0.667. The molecule has 2 heteroatoms. The van der Waals surface area contributed by atoms with Crippen LogP contribution in [0.5, 0.6) is 0 Å². The lowest BCUT2D eigenvalue weighted by atomic mass is 9.84. The number of benzene rings is 1. The number of hydrogen-bond donors (Lipinski definition) is 1. The Morgan fingerprint density at radius 2 is 1.80 bits per heavy atom. The first-order valence-corrected chi connectivity index (χ1v) is 8.23. The fourth-order valence-electron chi connectivity index (χ4n) is 2.35. The fourth-order valence-corrected chi connectivity index (χ4v) is 2.48. The first kappa shape index (κ1) is 17.5. The van der Waals surface area contributed by atoms with E-state index in [4.69, 9.17) is 11.6 Å². The average molecular weight is 296 g/mol. The van der Waals surface area contributed by atoms with Crippen LogP contribution < -0.4 is 5.32 Å². The molecule has 20 heavy (non-hydrogen) atoms. The zero-order valence-corrected chi connectivity index (χ0v) is 14.3. The zero-order valence-electron chi connectivity index (χ0n) is 13.5. The van der Waals surface area contributed by atoms with E-state index in [1.807, 2.05) is 12.1 Å². The lowest BCUT2D eigenvalue weighted by molar-refractivity contribution is 0.314. The molecule has 0 fully saturated rings. The van der Waals surface area contributed by atoms with Gasteiger partial charge in [0.25, 0.3) is 0 Å². The van der Waals surface area contributed by atoms with Crippen molar-refractivity contribution in [1.82, 2.24) is 5.32 Å². The Bertz CT molecular complexity index is 364. The van der Waals surface area contributed by atoms with Gasteiger partial charge in [-0.3, -0.25) is 0 Å². The number of nitrogens with one attached hydrogen (secondary N) is 1. The molecule has 1 atom stereocenters. The van der Waals surface area contributed by atoms with Gasteiger partial charge in [-0.05, 0) is 67.8 Å². The molecule has 0 aliphatic heterocycles. The summed E-state index contributed by atoms with van der Waals surface area (Å²) in [4.78, 5) is 0. The Labute approximate surface area is 130 Å². The van der Waals surface area contributed by atoms with Crippen LogP contribution in [0.1, 0.15) is 52.5 Å². The second kappa shape index (κ2) is 8.69. The van der Waals surface area contributed by atoms with E-state index >= 15 is 0 Å². The smallest absolute Gasteiger partial charge is 0.0406 e. The predicted molar refractivity (Wildman–Crippen MR) is 90.5 cm³/mol. The van der Waals surface area contributed by atoms with Gasteiger partial charge < -0.3 is 5.32 Å². The average Bonchev–Trinajstić information content (AvgIpc) is 2.37. The summed E-state index contributed by atoms with van der Waals surface area (Å²) >= 11 is 5.96. The van der Waals surface area contributed by atoms with Gasteiger partial charge in [-0.25, -0.2) is 0 Å². The minimum absolute atomic E-state index is 0.420. The predicted octanol–water partition coefficient (Wildman–Crippen LogP) is 5.32. The Balaban J connectivity index is 2.54. The molecule has 1 unspecified atom stereocenters. The molecule has 0 aromatic heterocycles. The van der Waals surface area contributed by atoms with Crippen molar-refractivity contribution >= 4 is 11.6 Å². The molecule has 1 N–H and O–H groups in total. The van der Waals surface area contributed by atoms with Crippen molar-refractivity contribution in [3.8, 4) is 0 Å². The molecule has 1 nitrogen and oxygen atoms in total. The van der Waals surface area contributed by atoms with Gasteiger partial charge in [0.05, 0.1) is 0 Å². The lowest BCUT2D eigenvalue weighted by Crippen LogP contribution is -2.26. The van der Waals surface area contributed by atoms with Crippen molar-refractivity contribution < 1.29 is 0 Å². The van der Waals surface area contributed by atoms with Gasteiger partial charge in [-0.1, -0.05) is 51.4 Å². The molecule has 0 heterocycles. The van der Waals surface area contributed by atoms with Gasteiger partial charge >= 0.3 is 0 Å². The monoisotopic (exact) mass is 295 g/mol.